The predicted molar refractivity (Wildman–Crippen MR) is 283 cm³/mol. The number of aromatic nitrogens is 6. The van der Waals surface area contributed by atoms with Gasteiger partial charge < -0.3 is 9.13 Å². The number of pyridine rings is 1. The fourth-order valence-corrected chi connectivity index (χ4v) is 10.6. The van der Waals surface area contributed by atoms with Crippen LogP contribution in [0.2, 0.25) is 0 Å². The summed E-state index contributed by atoms with van der Waals surface area (Å²) < 4.78 is 6.53. The summed E-state index contributed by atoms with van der Waals surface area (Å²) in [6, 6.07) is 79.4. The van der Waals surface area contributed by atoms with Crippen LogP contribution < -0.4 is 5.56 Å². The molecule has 0 spiro atoms. The van der Waals surface area contributed by atoms with Gasteiger partial charge in [-0.15, -0.1) is 0 Å². The Morgan fingerprint density at radius 1 is 0.275 bits per heavy atom. The van der Waals surface area contributed by atoms with E-state index in [2.05, 4.69) is 143 Å². The third kappa shape index (κ3) is 6.00. The quantitative estimate of drug-likeness (QED) is 0.156. The van der Waals surface area contributed by atoms with Gasteiger partial charge in [0.05, 0.1) is 38.7 Å². The van der Waals surface area contributed by atoms with E-state index in [4.69, 9.17) is 15.0 Å². The molecule has 0 aliphatic carbocycles. The second-order valence-corrected chi connectivity index (χ2v) is 17.5. The van der Waals surface area contributed by atoms with Crippen molar-refractivity contribution in [3.8, 4) is 51.2 Å². The Morgan fingerprint density at radius 2 is 0.710 bits per heavy atom. The van der Waals surface area contributed by atoms with Crippen molar-refractivity contribution < 1.29 is 0 Å². The van der Waals surface area contributed by atoms with Crippen LogP contribution in [-0.4, -0.2) is 28.7 Å². The molecule has 7 heteroatoms. The number of hydrogen-bond acceptors (Lipinski definition) is 4. The van der Waals surface area contributed by atoms with Crippen LogP contribution in [0.5, 0.6) is 0 Å². The van der Waals surface area contributed by atoms with Gasteiger partial charge in [-0.3, -0.25) is 9.36 Å². The van der Waals surface area contributed by atoms with Gasteiger partial charge in [-0.25, -0.2) is 15.0 Å². The number of nitrogens with zero attached hydrogens (tertiary/aromatic N) is 6. The molecule has 0 saturated heterocycles. The number of benzene rings is 10. The third-order valence-electron chi connectivity index (χ3n) is 13.7. The minimum Gasteiger partial charge on any atom is -0.309 e. The molecule has 0 amide bonds. The average molecular weight is 883 g/mol. The van der Waals surface area contributed by atoms with Gasteiger partial charge in [-0.2, -0.15) is 0 Å². The van der Waals surface area contributed by atoms with Gasteiger partial charge in [-0.05, 0) is 83.6 Å². The van der Waals surface area contributed by atoms with Gasteiger partial charge in [0.15, 0.2) is 17.5 Å². The maximum Gasteiger partial charge on any atom is 0.263 e. The van der Waals surface area contributed by atoms with Crippen LogP contribution in [0, 0.1) is 0 Å². The van der Waals surface area contributed by atoms with Crippen molar-refractivity contribution in [2.75, 3.05) is 0 Å². The molecule has 7 nitrogen and oxygen atoms in total. The molecule has 0 bridgehead atoms. The highest BCUT2D eigenvalue weighted by atomic mass is 16.1. The first-order valence-corrected chi connectivity index (χ1v) is 23.2. The predicted octanol–water partition coefficient (Wildman–Crippen LogP) is 14.7. The normalized spacial score (nSPS) is 11.8. The van der Waals surface area contributed by atoms with Gasteiger partial charge in [0, 0.05) is 60.4 Å². The lowest BCUT2D eigenvalue weighted by Crippen LogP contribution is -2.19. The molecule has 14 aromatic rings. The highest BCUT2D eigenvalue weighted by molar-refractivity contribution is 6.22. The van der Waals surface area contributed by atoms with Crippen LogP contribution in [0.3, 0.4) is 0 Å². The molecule has 10 aromatic carbocycles. The third-order valence-corrected chi connectivity index (χ3v) is 13.7. The summed E-state index contributed by atoms with van der Waals surface area (Å²) in [7, 11) is 0. The van der Waals surface area contributed by atoms with E-state index in [1.807, 2.05) is 102 Å². The molecule has 69 heavy (non-hydrogen) atoms. The molecule has 4 heterocycles. The average Bonchev–Trinajstić information content (AvgIpc) is 3.92. The largest absolute Gasteiger partial charge is 0.309 e. The molecule has 0 atom stereocenters. The van der Waals surface area contributed by atoms with Gasteiger partial charge in [0.25, 0.3) is 5.56 Å². The first-order valence-electron chi connectivity index (χ1n) is 23.2. The molecule has 0 unspecified atom stereocenters. The van der Waals surface area contributed by atoms with E-state index >= 15 is 4.79 Å². The van der Waals surface area contributed by atoms with Crippen molar-refractivity contribution in [1.29, 1.82) is 0 Å². The zero-order chi connectivity index (χ0) is 45.6. The lowest BCUT2D eigenvalue weighted by molar-refractivity contribution is 1.06. The lowest BCUT2D eigenvalue weighted by Gasteiger charge is -2.16. The van der Waals surface area contributed by atoms with Crippen molar-refractivity contribution in [3.63, 3.8) is 0 Å². The topological polar surface area (TPSA) is 70.5 Å². The maximum atomic E-state index is 15.5. The zero-order valence-electron chi connectivity index (χ0n) is 37.0. The minimum atomic E-state index is -0.0809. The Hall–Kier alpha value is -9.46. The van der Waals surface area contributed by atoms with E-state index in [1.54, 1.807) is 0 Å². The van der Waals surface area contributed by atoms with Crippen molar-refractivity contribution in [1.82, 2.24) is 28.7 Å². The second kappa shape index (κ2) is 15.3. The summed E-state index contributed by atoms with van der Waals surface area (Å²) in [6.07, 6.45) is 0. The van der Waals surface area contributed by atoms with Crippen molar-refractivity contribution in [2.24, 2.45) is 0 Å². The van der Waals surface area contributed by atoms with E-state index in [0.29, 0.717) is 22.9 Å². The SMILES string of the molecule is O=c1c2cc3c(cc2c2cc4c5ccccc5n(-c5ccccc5)c4cc2n1-c1ccccc1)c1ccccc1n3-c1ccc(-c2nc(-c3ccccc3)nc(-c3ccccc3)n2)c2ccccc12. The molecule has 322 valence electrons. The molecular weight excluding hydrogens is 845 g/mol. The standard InChI is InChI=1S/C62H38N6O/c69-62-52-37-56-49(35-48(52)51-36-50-45-29-15-17-31-53(45)66(41-23-9-3-10-24-41)57(50)38-58(51)67(62)42-25-11-4-12-26-42)46-30-16-18-32-54(46)68(56)55-34-33-47(43-27-13-14-28-44(43)55)61-64-59(39-19-5-1-6-20-39)63-60(65-61)40-21-7-2-8-22-40/h1-38H. The summed E-state index contributed by atoms with van der Waals surface area (Å²) >= 11 is 0. The second-order valence-electron chi connectivity index (χ2n) is 17.5. The Balaban J connectivity index is 1.05. The van der Waals surface area contributed by atoms with Crippen LogP contribution in [0.4, 0.5) is 0 Å². The molecule has 14 rings (SSSR count). The van der Waals surface area contributed by atoms with Gasteiger partial charge in [0.2, 0.25) is 0 Å². The molecule has 0 fully saturated rings. The lowest BCUT2D eigenvalue weighted by atomic mass is 10.00. The summed E-state index contributed by atoms with van der Waals surface area (Å²) in [5.74, 6) is 1.81. The van der Waals surface area contributed by atoms with Crippen LogP contribution in [0.25, 0.3) is 127 Å². The van der Waals surface area contributed by atoms with Gasteiger partial charge in [-0.1, -0.05) is 158 Å². The molecule has 0 N–H and O–H groups in total. The Morgan fingerprint density at radius 3 is 1.32 bits per heavy atom. The molecule has 0 aliphatic rings. The highest BCUT2D eigenvalue weighted by Crippen LogP contribution is 2.42. The van der Waals surface area contributed by atoms with Crippen LogP contribution in [-0.2, 0) is 0 Å². The maximum absolute atomic E-state index is 15.5. The molecule has 0 radical (unpaired) electrons. The van der Waals surface area contributed by atoms with E-state index in [9.17, 15) is 0 Å². The molecule has 0 saturated carbocycles. The number of fused-ring (bicyclic) bond motifs is 10. The van der Waals surface area contributed by atoms with Crippen molar-refractivity contribution in [3.05, 3.63) is 241 Å². The summed E-state index contributed by atoms with van der Waals surface area (Å²) in [6.45, 7) is 0. The van der Waals surface area contributed by atoms with E-state index in [1.165, 1.54) is 0 Å². The van der Waals surface area contributed by atoms with E-state index in [-0.39, 0.29) is 5.56 Å². The first kappa shape index (κ1) is 38.8. The Bertz CT molecular complexity index is 4370. The van der Waals surface area contributed by atoms with E-state index in [0.717, 1.165) is 104 Å². The van der Waals surface area contributed by atoms with Crippen LogP contribution >= 0.6 is 0 Å². The smallest absolute Gasteiger partial charge is 0.263 e. The first-order chi connectivity index (χ1) is 34.2. The fraction of sp³-hybridized carbons (Fsp3) is 0. The summed E-state index contributed by atoms with van der Waals surface area (Å²) in [4.78, 5) is 30.7. The van der Waals surface area contributed by atoms with Gasteiger partial charge in [0.1, 0.15) is 0 Å². The highest BCUT2D eigenvalue weighted by Gasteiger charge is 2.23. The van der Waals surface area contributed by atoms with Crippen LogP contribution in [0.15, 0.2) is 235 Å². The summed E-state index contributed by atoms with van der Waals surface area (Å²) in [5, 5.41) is 9.03. The van der Waals surface area contributed by atoms with Gasteiger partial charge >= 0.3 is 0 Å². The number of para-hydroxylation sites is 4. The monoisotopic (exact) mass is 882 g/mol. The zero-order valence-corrected chi connectivity index (χ0v) is 37.0. The Kier molecular flexibility index (Phi) is 8.60. The molecule has 4 aromatic heterocycles. The van der Waals surface area contributed by atoms with E-state index < -0.39 is 0 Å². The molecular formula is C62H38N6O. The Labute approximate surface area is 395 Å². The minimum absolute atomic E-state index is 0.0809. The summed E-state index contributed by atoms with van der Waals surface area (Å²) in [5.41, 5.74) is 10.5. The number of rotatable bonds is 6. The van der Waals surface area contributed by atoms with Crippen LogP contribution in [0.1, 0.15) is 0 Å². The fourth-order valence-electron chi connectivity index (χ4n) is 10.6. The molecule has 0 aliphatic heterocycles. The van der Waals surface area contributed by atoms with Crippen molar-refractivity contribution in [2.45, 2.75) is 0 Å². The number of hydrogen-bond donors (Lipinski definition) is 0. The van der Waals surface area contributed by atoms with Crippen molar-refractivity contribution >= 4 is 76.1 Å².